The van der Waals surface area contributed by atoms with Crippen molar-refractivity contribution in [2.45, 2.75) is 77.2 Å². The number of hydrogen-bond donors (Lipinski definition) is 1. The first-order valence-corrected chi connectivity index (χ1v) is 14.3. The Kier molecular flexibility index (Phi) is 7.40. The van der Waals surface area contributed by atoms with E-state index in [0.717, 1.165) is 37.1 Å². The zero-order valence-corrected chi connectivity index (χ0v) is 24.2. The van der Waals surface area contributed by atoms with Crippen molar-refractivity contribution in [3.63, 3.8) is 0 Å². The zero-order chi connectivity index (χ0) is 28.8. The van der Waals surface area contributed by atoms with Gasteiger partial charge in [0.05, 0.1) is 5.71 Å². The summed E-state index contributed by atoms with van der Waals surface area (Å²) in [4.78, 5) is 40.1. The molecule has 2 saturated carbocycles. The number of carbonyl (C=O) groups excluding carboxylic acids is 3. The standard InChI is InChI=1S/C32H40N2O6/c1-19(35)39-18-29(37)32(40-20(2)36)15-14-28-26-12-8-22-16-23(33-38)9-13-25(22)30(26)27(17-31(28,32)3)21-6-10-24(11-7-21)34(4)5/h6-7,10-11,16,26-28,38H,8-9,12-15,17-18H2,1-5H3/t26?,27?,28?,31-,32-/m0/s1. The lowest BCUT2D eigenvalue weighted by molar-refractivity contribution is -0.186. The molecule has 0 radical (unpaired) electrons. The van der Waals surface area contributed by atoms with Crippen molar-refractivity contribution in [2.75, 3.05) is 25.6 Å². The van der Waals surface area contributed by atoms with Gasteiger partial charge in [0.15, 0.2) is 12.2 Å². The minimum Gasteiger partial charge on any atom is -0.458 e. The number of benzene rings is 1. The number of carbonyl (C=O) groups is 3. The summed E-state index contributed by atoms with van der Waals surface area (Å²) in [7, 11) is 4.03. The first-order chi connectivity index (χ1) is 19.0. The number of ether oxygens (including phenoxy) is 2. The second-order valence-corrected chi connectivity index (χ2v) is 12.3. The van der Waals surface area contributed by atoms with E-state index in [4.69, 9.17) is 9.47 Å². The summed E-state index contributed by atoms with van der Waals surface area (Å²) < 4.78 is 11.2. The third-order valence-electron chi connectivity index (χ3n) is 9.99. The minimum absolute atomic E-state index is 0.0309. The molecule has 5 rings (SSSR count). The van der Waals surface area contributed by atoms with Crippen molar-refractivity contribution in [3.05, 3.63) is 52.6 Å². The molecule has 1 aromatic carbocycles. The van der Waals surface area contributed by atoms with Crippen molar-refractivity contribution < 1.29 is 29.1 Å². The molecule has 0 aromatic heterocycles. The van der Waals surface area contributed by atoms with Crippen LogP contribution in [0.15, 0.2) is 52.2 Å². The van der Waals surface area contributed by atoms with Gasteiger partial charge in [-0.05, 0) is 91.7 Å². The molecule has 40 heavy (non-hydrogen) atoms. The number of Topliss-reactive ketones (excluding diaryl/α,β-unsaturated/α-hetero) is 1. The summed E-state index contributed by atoms with van der Waals surface area (Å²) in [5.74, 6) is -0.957. The molecule has 4 aliphatic carbocycles. The SMILES string of the molecule is CC(=O)OCC(=O)[C@@]1(OC(C)=O)CCC2C3CCC4=CC(=NO)CCC4=C3C(c3ccc(N(C)C)cc3)C[C@@]21C. The van der Waals surface area contributed by atoms with Crippen LogP contribution in [0.4, 0.5) is 5.69 Å². The van der Waals surface area contributed by atoms with Gasteiger partial charge in [0.25, 0.3) is 0 Å². The Morgan fingerprint density at radius 3 is 2.40 bits per heavy atom. The predicted octanol–water partition coefficient (Wildman–Crippen LogP) is 5.35. The number of esters is 2. The molecular formula is C32H40N2O6. The number of anilines is 1. The van der Waals surface area contributed by atoms with Crippen LogP contribution in [0.5, 0.6) is 0 Å². The van der Waals surface area contributed by atoms with Gasteiger partial charge < -0.3 is 19.6 Å². The highest BCUT2D eigenvalue weighted by Crippen LogP contribution is 2.67. The number of allylic oxidation sites excluding steroid dienone is 4. The van der Waals surface area contributed by atoms with Crippen molar-refractivity contribution in [3.8, 4) is 0 Å². The van der Waals surface area contributed by atoms with Crippen LogP contribution in [0.1, 0.15) is 77.2 Å². The second kappa shape index (κ2) is 10.5. The van der Waals surface area contributed by atoms with E-state index in [2.05, 4.69) is 41.2 Å². The fraction of sp³-hybridized carbons (Fsp3) is 0.562. The third-order valence-corrected chi connectivity index (χ3v) is 9.99. The molecule has 214 valence electrons. The highest BCUT2D eigenvalue weighted by atomic mass is 16.6. The minimum atomic E-state index is -1.35. The Hall–Kier alpha value is -3.42. The number of ketones is 1. The number of nitrogens with zero attached hydrogens (tertiary/aromatic N) is 2. The summed E-state index contributed by atoms with van der Waals surface area (Å²) in [5.41, 5.74) is 5.06. The van der Waals surface area contributed by atoms with Crippen LogP contribution in [0.2, 0.25) is 0 Å². The topological polar surface area (TPSA) is 106 Å². The van der Waals surface area contributed by atoms with Crippen molar-refractivity contribution >= 4 is 29.1 Å². The van der Waals surface area contributed by atoms with Gasteiger partial charge in [-0.2, -0.15) is 0 Å². The van der Waals surface area contributed by atoms with Crippen LogP contribution in [-0.4, -0.2) is 54.9 Å². The van der Waals surface area contributed by atoms with E-state index in [9.17, 15) is 19.6 Å². The fourth-order valence-electron chi connectivity index (χ4n) is 8.25. The quantitative estimate of drug-likeness (QED) is 0.290. The smallest absolute Gasteiger partial charge is 0.303 e. The Morgan fingerprint density at radius 2 is 1.77 bits per heavy atom. The zero-order valence-electron chi connectivity index (χ0n) is 24.2. The first-order valence-electron chi connectivity index (χ1n) is 14.3. The highest BCUT2D eigenvalue weighted by molar-refractivity contribution is 5.97. The van der Waals surface area contributed by atoms with Gasteiger partial charge in [-0.3, -0.25) is 14.4 Å². The Labute approximate surface area is 236 Å². The molecule has 0 bridgehead atoms. The molecule has 1 aromatic rings. The van der Waals surface area contributed by atoms with Gasteiger partial charge >= 0.3 is 11.9 Å². The lowest BCUT2D eigenvalue weighted by Crippen LogP contribution is -2.58. The predicted molar refractivity (Wildman–Crippen MR) is 151 cm³/mol. The Balaban J connectivity index is 1.66. The van der Waals surface area contributed by atoms with E-state index in [1.54, 1.807) is 0 Å². The molecule has 0 spiro atoms. The number of oxime groups is 1. The van der Waals surface area contributed by atoms with E-state index >= 15 is 0 Å². The highest BCUT2D eigenvalue weighted by Gasteiger charge is 2.68. The fourth-order valence-corrected chi connectivity index (χ4v) is 8.25. The van der Waals surface area contributed by atoms with E-state index in [-0.39, 0.29) is 23.5 Å². The monoisotopic (exact) mass is 548 g/mol. The van der Waals surface area contributed by atoms with Gasteiger partial charge in [0, 0.05) is 45.0 Å². The second-order valence-electron chi connectivity index (χ2n) is 12.3. The summed E-state index contributed by atoms with van der Waals surface area (Å²) in [6.07, 6.45) is 7.18. The third kappa shape index (κ3) is 4.55. The van der Waals surface area contributed by atoms with Crippen molar-refractivity contribution in [1.82, 2.24) is 0 Å². The number of rotatable bonds is 6. The first kappa shape index (κ1) is 28.1. The van der Waals surface area contributed by atoms with Crippen LogP contribution < -0.4 is 4.90 Å². The maximum Gasteiger partial charge on any atom is 0.303 e. The van der Waals surface area contributed by atoms with Gasteiger partial charge in [-0.1, -0.05) is 29.8 Å². The van der Waals surface area contributed by atoms with Gasteiger partial charge in [-0.25, -0.2) is 0 Å². The van der Waals surface area contributed by atoms with Crippen LogP contribution in [-0.2, 0) is 23.9 Å². The average molecular weight is 549 g/mol. The van der Waals surface area contributed by atoms with Gasteiger partial charge in [-0.15, -0.1) is 0 Å². The summed E-state index contributed by atoms with van der Waals surface area (Å²) >= 11 is 0. The molecule has 3 unspecified atom stereocenters. The van der Waals surface area contributed by atoms with Gasteiger partial charge in [0.1, 0.15) is 0 Å². The van der Waals surface area contributed by atoms with E-state index in [1.807, 2.05) is 20.2 Å². The number of hydrogen-bond acceptors (Lipinski definition) is 8. The van der Waals surface area contributed by atoms with E-state index in [0.29, 0.717) is 19.3 Å². The molecule has 1 N–H and O–H groups in total. The molecule has 4 aliphatic rings. The molecule has 0 aliphatic heterocycles. The molecule has 2 fully saturated rings. The Morgan fingerprint density at radius 1 is 1.05 bits per heavy atom. The molecular weight excluding hydrogens is 508 g/mol. The van der Waals surface area contributed by atoms with Crippen molar-refractivity contribution in [1.29, 1.82) is 0 Å². The van der Waals surface area contributed by atoms with Crippen molar-refractivity contribution in [2.24, 2.45) is 22.4 Å². The Bertz CT molecular complexity index is 1310. The molecule has 8 nitrogen and oxygen atoms in total. The maximum absolute atomic E-state index is 13.9. The van der Waals surface area contributed by atoms with Crippen LogP contribution >= 0.6 is 0 Å². The molecule has 0 saturated heterocycles. The van der Waals surface area contributed by atoms with Crippen LogP contribution in [0, 0.1) is 17.3 Å². The largest absolute Gasteiger partial charge is 0.458 e. The molecule has 0 heterocycles. The van der Waals surface area contributed by atoms with Gasteiger partial charge in [0.2, 0.25) is 5.78 Å². The molecule has 8 heteroatoms. The van der Waals surface area contributed by atoms with E-state index < -0.39 is 29.6 Å². The molecule has 0 amide bonds. The number of fused-ring (bicyclic) bond motifs is 4. The van der Waals surface area contributed by atoms with Crippen LogP contribution in [0.25, 0.3) is 0 Å². The summed E-state index contributed by atoms with van der Waals surface area (Å²) in [5, 5.41) is 12.9. The summed E-state index contributed by atoms with van der Waals surface area (Å²) in [6, 6.07) is 8.61. The summed E-state index contributed by atoms with van der Waals surface area (Å²) in [6.45, 7) is 4.35. The normalized spacial score (nSPS) is 32.0. The average Bonchev–Trinajstić information content (AvgIpc) is 3.22. The lowest BCUT2D eigenvalue weighted by atomic mass is 9.50. The van der Waals surface area contributed by atoms with Crippen LogP contribution in [0.3, 0.4) is 0 Å². The maximum atomic E-state index is 13.9. The molecule has 5 atom stereocenters. The van der Waals surface area contributed by atoms with E-state index in [1.165, 1.54) is 36.1 Å². The lowest BCUT2D eigenvalue weighted by Gasteiger charge is -2.55.